The fourth-order valence-electron chi connectivity index (χ4n) is 2.12. The molecule has 1 atom stereocenters. The second kappa shape index (κ2) is 7.29. The Balaban J connectivity index is 2.67. The lowest BCUT2D eigenvalue weighted by atomic mass is 9.83. The van der Waals surface area contributed by atoms with E-state index in [4.69, 9.17) is 10.8 Å². The van der Waals surface area contributed by atoms with Crippen LogP contribution in [0, 0.1) is 5.92 Å². The molecule has 1 rings (SSSR count). The predicted molar refractivity (Wildman–Crippen MR) is 82.4 cm³/mol. The van der Waals surface area contributed by atoms with Crippen molar-refractivity contribution in [1.82, 2.24) is 5.32 Å². The maximum absolute atomic E-state index is 12.4. The first kappa shape index (κ1) is 16.5. The minimum atomic E-state index is -0.592. The van der Waals surface area contributed by atoms with Crippen LogP contribution in [-0.2, 0) is 10.2 Å². The van der Waals surface area contributed by atoms with Crippen molar-refractivity contribution in [3.05, 3.63) is 29.8 Å². The second-order valence-corrected chi connectivity index (χ2v) is 5.74. The maximum Gasteiger partial charge on any atom is 0.230 e. The van der Waals surface area contributed by atoms with Crippen molar-refractivity contribution in [3.63, 3.8) is 0 Å². The number of hydrogen-bond acceptors (Lipinski definition) is 3. The van der Waals surface area contributed by atoms with E-state index in [1.807, 2.05) is 38.1 Å². The van der Waals surface area contributed by atoms with Gasteiger partial charge < -0.3 is 16.2 Å². The van der Waals surface area contributed by atoms with Crippen molar-refractivity contribution in [2.24, 2.45) is 5.92 Å². The van der Waals surface area contributed by atoms with Gasteiger partial charge in [-0.3, -0.25) is 4.79 Å². The highest BCUT2D eigenvalue weighted by molar-refractivity contribution is 5.87. The zero-order chi connectivity index (χ0) is 15.2. The van der Waals surface area contributed by atoms with Gasteiger partial charge in [-0.05, 0) is 43.9 Å². The number of carbonyl (C=O) groups is 1. The zero-order valence-electron chi connectivity index (χ0n) is 12.6. The molecule has 1 aromatic carbocycles. The van der Waals surface area contributed by atoms with Crippen molar-refractivity contribution in [3.8, 4) is 0 Å². The molecule has 0 aliphatic carbocycles. The van der Waals surface area contributed by atoms with Gasteiger partial charge in [0.05, 0.1) is 5.41 Å². The minimum Gasteiger partial charge on any atom is -0.399 e. The van der Waals surface area contributed by atoms with Crippen LogP contribution >= 0.6 is 0 Å². The van der Waals surface area contributed by atoms with Crippen LogP contribution < -0.4 is 11.1 Å². The van der Waals surface area contributed by atoms with Crippen molar-refractivity contribution >= 4 is 11.6 Å². The van der Waals surface area contributed by atoms with Gasteiger partial charge in [0.15, 0.2) is 0 Å². The highest BCUT2D eigenvalue weighted by Gasteiger charge is 2.29. The molecule has 0 spiro atoms. The second-order valence-electron chi connectivity index (χ2n) is 5.74. The molecule has 0 saturated carbocycles. The molecule has 4 N–H and O–H groups in total. The predicted octanol–water partition coefficient (Wildman–Crippen LogP) is 2.07. The summed E-state index contributed by atoms with van der Waals surface area (Å²) in [4.78, 5) is 12.4. The fraction of sp³-hybridized carbons (Fsp3) is 0.562. The number of hydrogen-bond donors (Lipinski definition) is 3. The first-order valence-electron chi connectivity index (χ1n) is 7.17. The van der Waals surface area contributed by atoms with Gasteiger partial charge in [-0.1, -0.05) is 25.5 Å². The third-order valence-electron chi connectivity index (χ3n) is 3.87. The summed E-state index contributed by atoms with van der Waals surface area (Å²) < 4.78 is 0. The van der Waals surface area contributed by atoms with Gasteiger partial charge in [0.1, 0.15) is 0 Å². The molecule has 4 nitrogen and oxygen atoms in total. The fourth-order valence-corrected chi connectivity index (χ4v) is 2.12. The van der Waals surface area contributed by atoms with Crippen molar-refractivity contribution in [2.45, 2.75) is 39.0 Å². The van der Waals surface area contributed by atoms with Crippen LogP contribution in [0.1, 0.15) is 39.2 Å². The molecule has 0 bridgehead atoms. The van der Waals surface area contributed by atoms with Gasteiger partial charge in [-0.25, -0.2) is 0 Å². The number of amides is 1. The lowest BCUT2D eigenvalue weighted by Crippen LogP contribution is -2.42. The van der Waals surface area contributed by atoms with Crippen molar-refractivity contribution in [1.29, 1.82) is 0 Å². The number of rotatable bonds is 7. The lowest BCUT2D eigenvalue weighted by Gasteiger charge is -2.25. The van der Waals surface area contributed by atoms with E-state index < -0.39 is 5.41 Å². The first-order chi connectivity index (χ1) is 9.41. The van der Waals surface area contributed by atoms with Crippen LogP contribution in [0.3, 0.4) is 0 Å². The van der Waals surface area contributed by atoms with Crippen LogP contribution in [0.5, 0.6) is 0 Å². The smallest absolute Gasteiger partial charge is 0.230 e. The Kier molecular flexibility index (Phi) is 6.02. The van der Waals surface area contributed by atoms with Crippen LogP contribution in [-0.4, -0.2) is 24.2 Å². The van der Waals surface area contributed by atoms with E-state index >= 15 is 0 Å². The van der Waals surface area contributed by atoms with E-state index in [2.05, 4.69) is 12.2 Å². The molecular formula is C16H26N2O2. The number of nitrogens with two attached hydrogens (primary N) is 1. The molecule has 0 saturated heterocycles. The van der Waals surface area contributed by atoms with Crippen molar-refractivity contribution < 1.29 is 9.90 Å². The largest absolute Gasteiger partial charge is 0.399 e. The van der Waals surface area contributed by atoms with Crippen molar-refractivity contribution in [2.75, 3.05) is 18.9 Å². The molecule has 0 fully saturated rings. The van der Waals surface area contributed by atoms with Gasteiger partial charge in [-0.2, -0.15) is 0 Å². The standard InChI is InChI=1S/C16H26N2O2/c1-4-12(9-10-19)11-18-15(20)16(2,3)13-5-7-14(17)8-6-13/h5-8,12,19H,4,9-11,17H2,1-3H3,(H,18,20). The third kappa shape index (κ3) is 4.23. The summed E-state index contributed by atoms with van der Waals surface area (Å²) in [6.45, 7) is 6.64. The van der Waals surface area contributed by atoms with Gasteiger partial charge in [-0.15, -0.1) is 0 Å². The van der Waals surface area contributed by atoms with Crippen LogP contribution in [0.25, 0.3) is 0 Å². The highest BCUT2D eigenvalue weighted by atomic mass is 16.3. The summed E-state index contributed by atoms with van der Waals surface area (Å²) in [5.74, 6) is 0.324. The molecule has 1 unspecified atom stereocenters. The zero-order valence-corrected chi connectivity index (χ0v) is 12.6. The summed E-state index contributed by atoms with van der Waals surface area (Å²) in [6.07, 6.45) is 1.67. The van der Waals surface area contributed by atoms with Crippen LogP contribution in [0.2, 0.25) is 0 Å². The Morgan fingerprint density at radius 1 is 1.35 bits per heavy atom. The maximum atomic E-state index is 12.4. The van der Waals surface area contributed by atoms with Gasteiger partial charge >= 0.3 is 0 Å². The number of aliphatic hydroxyl groups is 1. The minimum absolute atomic E-state index is 0.00124. The van der Waals surface area contributed by atoms with E-state index in [0.29, 0.717) is 18.2 Å². The molecule has 0 heterocycles. The molecule has 0 aromatic heterocycles. The molecule has 0 aliphatic heterocycles. The SMILES string of the molecule is CCC(CCO)CNC(=O)C(C)(C)c1ccc(N)cc1. The third-order valence-corrected chi connectivity index (χ3v) is 3.87. The van der Waals surface area contributed by atoms with Crippen LogP contribution in [0.4, 0.5) is 5.69 Å². The van der Waals surface area contributed by atoms with Crippen LogP contribution in [0.15, 0.2) is 24.3 Å². The highest BCUT2D eigenvalue weighted by Crippen LogP contribution is 2.24. The van der Waals surface area contributed by atoms with Gasteiger partial charge in [0, 0.05) is 18.8 Å². The molecule has 1 aromatic rings. The Bertz CT molecular complexity index is 427. The molecule has 0 aliphatic rings. The van der Waals surface area contributed by atoms with E-state index in [0.717, 1.165) is 18.4 Å². The number of nitrogens with one attached hydrogen (secondary N) is 1. The monoisotopic (exact) mass is 278 g/mol. The number of anilines is 1. The molecule has 1 amide bonds. The Morgan fingerprint density at radius 2 is 1.95 bits per heavy atom. The summed E-state index contributed by atoms with van der Waals surface area (Å²) in [7, 11) is 0. The molecule has 112 valence electrons. The molecular weight excluding hydrogens is 252 g/mol. The van der Waals surface area contributed by atoms with E-state index in [1.54, 1.807) is 0 Å². The van der Waals surface area contributed by atoms with Gasteiger partial charge in [0.2, 0.25) is 5.91 Å². The van der Waals surface area contributed by atoms with Gasteiger partial charge in [0.25, 0.3) is 0 Å². The quantitative estimate of drug-likeness (QED) is 0.668. The van der Waals surface area contributed by atoms with E-state index in [-0.39, 0.29) is 12.5 Å². The van der Waals surface area contributed by atoms with E-state index in [9.17, 15) is 4.79 Å². The number of benzene rings is 1. The average molecular weight is 278 g/mol. The summed E-state index contributed by atoms with van der Waals surface area (Å²) >= 11 is 0. The number of nitrogen functional groups attached to an aromatic ring is 1. The topological polar surface area (TPSA) is 75.3 Å². The summed E-state index contributed by atoms with van der Waals surface area (Å²) in [5, 5.41) is 12.0. The Hall–Kier alpha value is -1.55. The molecule has 4 heteroatoms. The first-order valence-corrected chi connectivity index (χ1v) is 7.17. The molecule has 0 radical (unpaired) electrons. The normalized spacial score (nSPS) is 13.0. The Labute approximate surface area is 121 Å². The van der Waals surface area contributed by atoms with E-state index in [1.165, 1.54) is 0 Å². The number of aliphatic hydroxyl groups excluding tert-OH is 1. The summed E-state index contributed by atoms with van der Waals surface area (Å²) in [5.41, 5.74) is 6.72. The molecule has 20 heavy (non-hydrogen) atoms. The number of carbonyl (C=O) groups excluding carboxylic acids is 1. The lowest BCUT2D eigenvalue weighted by molar-refractivity contribution is -0.125. The Morgan fingerprint density at radius 3 is 2.45 bits per heavy atom. The average Bonchev–Trinajstić information content (AvgIpc) is 2.43. The summed E-state index contributed by atoms with van der Waals surface area (Å²) in [6, 6.07) is 7.40.